The van der Waals surface area contributed by atoms with Crippen LogP contribution in [0, 0.1) is 0 Å². The van der Waals surface area contributed by atoms with Crippen molar-refractivity contribution in [3.63, 3.8) is 0 Å². The van der Waals surface area contributed by atoms with E-state index in [0.29, 0.717) is 6.42 Å². The van der Waals surface area contributed by atoms with Crippen molar-refractivity contribution in [2.75, 3.05) is 6.61 Å². The van der Waals surface area contributed by atoms with Crippen LogP contribution in [0.4, 0.5) is 26.3 Å². The zero-order valence-corrected chi connectivity index (χ0v) is 9.85. The van der Waals surface area contributed by atoms with Crippen molar-refractivity contribution in [1.29, 1.82) is 0 Å². The Bertz CT molecular complexity index is 310. The first-order valence-electron chi connectivity index (χ1n) is 5.50. The summed E-state index contributed by atoms with van der Waals surface area (Å²) < 4.78 is 82.3. The minimum atomic E-state index is -5.58. The molecule has 0 spiro atoms. The highest BCUT2D eigenvalue weighted by molar-refractivity contribution is 5.90. The summed E-state index contributed by atoms with van der Waals surface area (Å²) in [7, 11) is 0. The molecule has 1 rings (SSSR count). The van der Waals surface area contributed by atoms with Gasteiger partial charge in [0, 0.05) is 13.0 Å². The second-order valence-corrected chi connectivity index (χ2v) is 4.10. The average Bonchev–Trinajstić information content (AvgIpc) is 2.20. The first-order valence-corrected chi connectivity index (χ1v) is 5.50. The Labute approximate surface area is 104 Å². The standard InChI is InChI=1S/C10H12F6O3/c1-2-3-18-7-5(17)4-6(7)19-8(9(11,12)13)10(14,15)16/h6-8H,2-4H2,1H3. The van der Waals surface area contributed by atoms with Crippen molar-refractivity contribution in [3.8, 4) is 0 Å². The van der Waals surface area contributed by atoms with Crippen LogP contribution in [0.25, 0.3) is 0 Å². The zero-order valence-electron chi connectivity index (χ0n) is 9.85. The van der Waals surface area contributed by atoms with E-state index in [1.165, 1.54) is 0 Å². The van der Waals surface area contributed by atoms with Crippen molar-refractivity contribution in [1.82, 2.24) is 0 Å². The summed E-state index contributed by atoms with van der Waals surface area (Å²) in [5, 5.41) is 0. The molecule has 2 atom stereocenters. The van der Waals surface area contributed by atoms with Gasteiger partial charge in [0.15, 0.2) is 5.78 Å². The minimum Gasteiger partial charge on any atom is -0.368 e. The number of ether oxygens (including phenoxy) is 2. The van der Waals surface area contributed by atoms with E-state index in [-0.39, 0.29) is 6.61 Å². The van der Waals surface area contributed by atoms with Crippen LogP contribution in [-0.2, 0) is 14.3 Å². The molecule has 1 aliphatic carbocycles. The van der Waals surface area contributed by atoms with Crippen LogP contribution in [0.2, 0.25) is 0 Å². The van der Waals surface area contributed by atoms with Crippen molar-refractivity contribution in [2.24, 2.45) is 0 Å². The Morgan fingerprint density at radius 2 is 1.74 bits per heavy atom. The van der Waals surface area contributed by atoms with Crippen molar-refractivity contribution >= 4 is 5.78 Å². The number of hydrogen-bond donors (Lipinski definition) is 0. The number of carbonyl (C=O) groups is 1. The number of hydrogen-bond acceptors (Lipinski definition) is 3. The van der Waals surface area contributed by atoms with Gasteiger partial charge in [0.2, 0.25) is 6.10 Å². The predicted molar refractivity (Wildman–Crippen MR) is 50.4 cm³/mol. The number of carbonyl (C=O) groups excluding carboxylic acids is 1. The third-order valence-corrected chi connectivity index (χ3v) is 2.46. The highest BCUT2D eigenvalue weighted by Gasteiger charge is 2.60. The normalized spacial score (nSPS) is 24.7. The molecule has 0 N–H and O–H groups in total. The maximum atomic E-state index is 12.2. The SMILES string of the molecule is CCCOC1C(=O)CC1OC(C(F)(F)F)C(F)(F)F. The summed E-state index contributed by atoms with van der Waals surface area (Å²) >= 11 is 0. The van der Waals surface area contributed by atoms with E-state index in [9.17, 15) is 31.1 Å². The van der Waals surface area contributed by atoms with E-state index >= 15 is 0 Å². The lowest BCUT2D eigenvalue weighted by Gasteiger charge is -2.37. The van der Waals surface area contributed by atoms with Crippen molar-refractivity contribution in [3.05, 3.63) is 0 Å². The molecular weight excluding hydrogens is 282 g/mol. The largest absolute Gasteiger partial charge is 0.423 e. The maximum absolute atomic E-state index is 12.2. The molecule has 0 aliphatic heterocycles. The van der Waals surface area contributed by atoms with Gasteiger partial charge in [-0.2, -0.15) is 26.3 Å². The quantitative estimate of drug-likeness (QED) is 0.731. The molecule has 0 radical (unpaired) electrons. The average molecular weight is 294 g/mol. The van der Waals surface area contributed by atoms with Gasteiger partial charge in [-0.1, -0.05) is 6.92 Å². The Morgan fingerprint density at radius 3 is 2.11 bits per heavy atom. The third-order valence-electron chi connectivity index (χ3n) is 2.46. The number of Topliss-reactive ketones (excluding diaryl/α,β-unsaturated/α-hetero) is 1. The molecule has 0 aromatic rings. The summed E-state index contributed by atoms with van der Waals surface area (Å²) in [6.45, 7) is 1.76. The number of ketones is 1. The third kappa shape index (κ3) is 4.07. The molecule has 3 nitrogen and oxygen atoms in total. The summed E-state index contributed by atoms with van der Waals surface area (Å²) in [5.41, 5.74) is 0. The number of halogens is 6. The van der Waals surface area contributed by atoms with Gasteiger partial charge >= 0.3 is 12.4 Å². The van der Waals surface area contributed by atoms with Crippen LogP contribution in [0.15, 0.2) is 0 Å². The molecule has 0 saturated heterocycles. The van der Waals surface area contributed by atoms with Gasteiger partial charge in [0.05, 0.1) is 6.10 Å². The smallest absolute Gasteiger partial charge is 0.368 e. The van der Waals surface area contributed by atoms with Gasteiger partial charge in [-0.25, -0.2) is 0 Å². The summed E-state index contributed by atoms with van der Waals surface area (Å²) in [5.74, 6) is -0.554. The second kappa shape index (κ2) is 5.66. The lowest BCUT2D eigenvalue weighted by atomic mass is 9.89. The number of rotatable bonds is 5. The fourth-order valence-electron chi connectivity index (χ4n) is 1.55. The van der Waals surface area contributed by atoms with Gasteiger partial charge in [0.25, 0.3) is 0 Å². The highest BCUT2D eigenvalue weighted by atomic mass is 19.4. The lowest BCUT2D eigenvalue weighted by molar-refractivity contribution is -0.339. The van der Waals surface area contributed by atoms with E-state index in [2.05, 4.69) is 4.74 Å². The first kappa shape index (κ1) is 16.2. The molecule has 0 heterocycles. The molecule has 0 aromatic heterocycles. The Balaban J connectivity index is 2.68. The van der Waals surface area contributed by atoms with Crippen molar-refractivity contribution < 1.29 is 40.6 Å². The van der Waals surface area contributed by atoms with E-state index in [4.69, 9.17) is 4.74 Å². The predicted octanol–water partition coefficient (Wildman–Crippen LogP) is 2.63. The van der Waals surface area contributed by atoms with Gasteiger partial charge < -0.3 is 9.47 Å². The first-order chi connectivity index (χ1) is 8.57. The Morgan fingerprint density at radius 1 is 1.21 bits per heavy atom. The molecule has 112 valence electrons. The molecule has 1 fully saturated rings. The van der Waals surface area contributed by atoms with Crippen LogP contribution < -0.4 is 0 Å². The molecule has 0 bridgehead atoms. The van der Waals surface area contributed by atoms with Gasteiger partial charge in [-0.3, -0.25) is 4.79 Å². The van der Waals surface area contributed by atoms with Crippen LogP contribution in [0.3, 0.4) is 0 Å². The van der Waals surface area contributed by atoms with Crippen molar-refractivity contribution in [2.45, 2.75) is 50.4 Å². The molecule has 1 saturated carbocycles. The van der Waals surface area contributed by atoms with Crippen LogP contribution in [0.5, 0.6) is 0 Å². The molecule has 0 amide bonds. The fraction of sp³-hybridized carbons (Fsp3) is 0.900. The molecule has 19 heavy (non-hydrogen) atoms. The second-order valence-electron chi connectivity index (χ2n) is 4.10. The summed E-state index contributed by atoms with van der Waals surface area (Å²) in [4.78, 5) is 11.1. The van der Waals surface area contributed by atoms with E-state index < -0.39 is 42.9 Å². The Hall–Kier alpha value is -0.830. The van der Waals surface area contributed by atoms with Crippen LogP contribution >= 0.6 is 0 Å². The molecule has 9 heteroatoms. The van der Waals surface area contributed by atoms with E-state index in [1.54, 1.807) is 6.92 Å². The highest BCUT2D eigenvalue weighted by Crippen LogP contribution is 2.38. The number of alkyl halides is 6. The summed E-state index contributed by atoms with van der Waals surface area (Å²) in [6, 6.07) is 0. The molecular formula is C10H12F6O3. The molecule has 2 unspecified atom stereocenters. The zero-order chi connectivity index (χ0) is 14.8. The molecule has 1 aliphatic rings. The summed E-state index contributed by atoms with van der Waals surface area (Å²) in [6.07, 6.45) is -17.9. The lowest BCUT2D eigenvalue weighted by Crippen LogP contribution is -2.56. The topological polar surface area (TPSA) is 35.5 Å². The monoisotopic (exact) mass is 294 g/mol. The molecule has 0 aromatic carbocycles. The maximum Gasteiger partial charge on any atom is 0.423 e. The van der Waals surface area contributed by atoms with Crippen LogP contribution in [-0.4, -0.2) is 43.1 Å². The fourth-order valence-corrected chi connectivity index (χ4v) is 1.55. The Kier molecular flexibility index (Phi) is 4.83. The van der Waals surface area contributed by atoms with Gasteiger partial charge in [-0.15, -0.1) is 0 Å². The van der Waals surface area contributed by atoms with E-state index in [1.807, 2.05) is 0 Å². The van der Waals surface area contributed by atoms with E-state index in [0.717, 1.165) is 0 Å². The van der Waals surface area contributed by atoms with Gasteiger partial charge in [0.1, 0.15) is 6.10 Å². The van der Waals surface area contributed by atoms with Crippen LogP contribution in [0.1, 0.15) is 19.8 Å². The minimum absolute atomic E-state index is 0.0684. The van der Waals surface area contributed by atoms with Gasteiger partial charge in [-0.05, 0) is 6.42 Å².